The Bertz CT molecular complexity index is 788. The molecule has 0 unspecified atom stereocenters. The topological polar surface area (TPSA) is 185 Å². The van der Waals surface area contributed by atoms with Gasteiger partial charge in [0.2, 0.25) is 6.29 Å². The van der Waals surface area contributed by atoms with Crippen LogP contribution in [0.15, 0.2) is 18.2 Å². The molecule has 180 valence electrons. The molecular weight excluding hydrogens is 432 g/mol. The Morgan fingerprint density at radius 2 is 1.69 bits per heavy atom. The number of benzene rings is 1. The van der Waals surface area contributed by atoms with Crippen LogP contribution in [-0.2, 0) is 14.2 Å². The fourth-order valence-corrected chi connectivity index (χ4v) is 3.41. The van der Waals surface area contributed by atoms with Crippen LogP contribution in [0.1, 0.15) is 17.3 Å². The van der Waals surface area contributed by atoms with E-state index >= 15 is 0 Å². The molecule has 12 nitrogen and oxygen atoms in total. The standard InChI is InChI=1S/C20H28O12/c1-8(21)10-5-9(28-2)3-4-12(10)31-20-18(27)16(25)15(24)13(32-20)7-30-19-17(26)14(23)11(22)6-29-19/h3-5,11,13-20,22-27H,6-7H2,1-2H3/t11-,13-,14+,15-,16+,17-,18-,19+,20-/m1/s1. The zero-order valence-electron chi connectivity index (χ0n) is 17.5. The molecule has 2 heterocycles. The van der Waals surface area contributed by atoms with Crippen molar-refractivity contribution in [2.75, 3.05) is 20.3 Å². The van der Waals surface area contributed by atoms with Crippen LogP contribution < -0.4 is 9.47 Å². The Hall–Kier alpha value is -1.87. The molecule has 1 aromatic rings. The smallest absolute Gasteiger partial charge is 0.229 e. The van der Waals surface area contributed by atoms with Crippen LogP contribution in [-0.4, -0.2) is 112 Å². The minimum Gasteiger partial charge on any atom is -0.497 e. The summed E-state index contributed by atoms with van der Waals surface area (Å²) in [6.45, 7) is 0.614. The average Bonchev–Trinajstić information content (AvgIpc) is 2.78. The maximum atomic E-state index is 12.0. The molecule has 1 aromatic carbocycles. The first-order chi connectivity index (χ1) is 15.1. The van der Waals surface area contributed by atoms with Crippen LogP contribution in [0, 0.1) is 0 Å². The van der Waals surface area contributed by atoms with Crippen molar-refractivity contribution in [3.63, 3.8) is 0 Å². The zero-order valence-corrected chi connectivity index (χ0v) is 17.5. The summed E-state index contributed by atoms with van der Waals surface area (Å²) in [6.07, 6.45) is -13.3. The van der Waals surface area contributed by atoms with Gasteiger partial charge in [-0.25, -0.2) is 0 Å². The van der Waals surface area contributed by atoms with E-state index < -0.39 is 61.9 Å². The SMILES string of the molecule is COc1ccc(O[C@@H]2O[C@H](CO[C@@H]3OC[C@@H](O)[C@H](O)[C@H]3O)[C@@H](O)[C@H](O)[C@H]2O)c(C(C)=O)c1. The Morgan fingerprint density at radius 3 is 2.34 bits per heavy atom. The van der Waals surface area contributed by atoms with E-state index in [1.54, 1.807) is 0 Å². The molecule has 2 fully saturated rings. The van der Waals surface area contributed by atoms with Gasteiger partial charge in [0, 0.05) is 0 Å². The van der Waals surface area contributed by atoms with Crippen LogP contribution in [0.2, 0.25) is 0 Å². The Morgan fingerprint density at radius 1 is 1.00 bits per heavy atom. The zero-order chi connectivity index (χ0) is 23.6. The normalized spacial score (nSPS) is 37.7. The summed E-state index contributed by atoms with van der Waals surface area (Å²) in [7, 11) is 1.43. The maximum absolute atomic E-state index is 12.0. The highest BCUT2D eigenvalue weighted by Crippen LogP contribution is 2.30. The van der Waals surface area contributed by atoms with E-state index in [1.165, 1.54) is 32.2 Å². The van der Waals surface area contributed by atoms with Crippen LogP contribution in [0.25, 0.3) is 0 Å². The van der Waals surface area contributed by atoms with Gasteiger partial charge in [0.05, 0.1) is 25.9 Å². The van der Waals surface area contributed by atoms with E-state index in [9.17, 15) is 35.4 Å². The van der Waals surface area contributed by atoms with Gasteiger partial charge < -0.3 is 54.3 Å². The first kappa shape index (κ1) is 24.8. The number of methoxy groups -OCH3 is 1. The van der Waals surface area contributed by atoms with Gasteiger partial charge in [0.15, 0.2) is 12.1 Å². The predicted molar refractivity (Wildman–Crippen MR) is 104 cm³/mol. The summed E-state index contributed by atoms with van der Waals surface area (Å²) in [6, 6.07) is 4.41. The molecule has 0 bridgehead atoms. The Balaban J connectivity index is 1.70. The quantitative estimate of drug-likeness (QED) is 0.236. The number of aliphatic hydroxyl groups excluding tert-OH is 6. The molecule has 0 spiro atoms. The average molecular weight is 460 g/mol. The number of aliphatic hydroxyl groups is 6. The van der Waals surface area contributed by atoms with Crippen molar-refractivity contribution in [2.45, 2.75) is 62.2 Å². The fraction of sp³-hybridized carbons (Fsp3) is 0.650. The van der Waals surface area contributed by atoms with Crippen molar-refractivity contribution in [1.29, 1.82) is 0 Å². The highest BCUT2D eigenvalue weighted by Gasteiger charge is 2.46. The summed E-state index contributed by atoms with van der Waals surface area (Å²) in [5.74, 6) is 0.135. The molecule has 0 amide bonds. The number of hydrogen-bond acceptors (Lipinski definition) is 12. The molecule has 0 aromatic heterocycles. The molecule has 6 N–H and O–H groups in total. The van der Waals surface area contributed by atoms with E-state index in [4.69, 9.17) is 23.7 Å². The first-order valence-corrected chi connectivity index (χ1v) is 9.96. The lowest BCUT2D eigenvalue weighted by atomic mass is 9.99. The van der Waals surface area contributed by atoms with Crippen molar-refractivity contribution < 1.29 is 59.1 Å². The Kier molecular flexibility index (Phi) is 8.03. The lowest BCUT2D eigenvalue weighted by Gasteiger charge is -2.41. The fourth-order valence-electron chi connectivity index (χ4n) is 3.41. The number of carbonyl (C=O) groups is 1. The lowest BCUT2D eigenvalue weighted by molar-refractivity contribution is -0.307. The summed E-state index contributed by atoms with van der Waals surface area (Å²) >= 11 is 0. The molecule has 32 heavy (non-hydrogen) atoms. The third-order valence-corrected chi connectivity index (χ3v) is 5.36. The summed E-state index contributed by atoms with van der Waals surface area (Å²) in [5.41, 5.74) is 0.153. The largest absolute Gasteiger partial charge is 0.497 e. The molecule has 3 rings (SSSR count). The van der Waals surface area contributed by atoms with Gasteiger partial charge in [-0.05, 0) is 25.1 Å². The van der Waals surface area contributed by atoms with E-state index in [2.05, 4.69) is 0 Å². The van der Waals surface area contributed by atoms with E-state index in [1.807, 2.05) is 0 Å². The summed E-state index contributed by atoms with van der Waals surface area (Å²) < 4.78 is 26.7. The highest BCUT2D eigenvalue weighted by molar-refractivity contribution is 5.97. The van der Waals surface area contributed by atoms with E-state index in [0.717, 1.165) is 0 Å². The minimum absolute atomic E-state index is 0.0637. The van der Waals surface area contributed by atoms with Crippen LogP contribution >= 0.6 is 0 Å². The van der Waals surface area contributed by atoms with Gasteiger partial charge in [0.1, 0.15) is 54.2 Å². The molecule has 12 heteroatoms. The second kappa shape index (κ2) is 10.4. The van der Waals surface area contributed by atoms with Crippen molar-refractivity contribution in [1.82, 2.24) is 0 Å². The molecule has 2 aliphatic heterocycles. The number of rotatable bonds is 7. The van der Waals surface area contributed by atoms with Crippen LogP contribution in [0.5, 0.6) is 11.5 Å². The number of ether oxygens (including phenoxy) is 5. The van der Waals surface area contributed by atoms with Gasteiger partial charge in [-0.2, -0.15) is 0 Å². The molecule has 0 radical (unpaired) electrons. The number of Topliss-reactive ketones (excluding diaryl/α,β-unsaturated/α-hetero) is 1. The minimum atomic E-state index is -1.68. The molecule has 0 aliphatic carbocycles. The maximum Gasteiger partial charge on any atom is 0.229 e. The van der Waals surface area contributed by atoms with E-state index in [-0.39, 0.29) is 23.7 Å². The van der Waals surface area contributed by atoms with Crippen LogP contribution in [0.3, 0.4) is 0 Å². The number of carbonyl (C=O) groups excluding carboxylic acids is 1. The highest BCUT2D eigenvalue weighted by atomic mass is 16.7. The van der Waals surface area contributed by atoms with Crippen molar-refractivity contribution in [3.8, 4) is 11.5 Å². The monoisotopic (exact) mass is 460 g/mol. The second-order valence-corrected chi connectivity index (χ2v) is 7.63. The van der Waals surface area contributed by atoms with Crippen molar-refractivity contribution >= 4 is 5.78 Å². The van der Waals surface area contributed by atoms with Gasteiger partial charge in [0.25, 0.3) is 0 Å². The molecule has 2 saturated heterocycles. The van der Waals surface area contributed by atoms with Crippen LogP contribution in [0.4, 0.5) is 0 Å². The predicted octanol–water partition coefficient (Wildman–Crippen LogP) is -2.46. The molecular formula is C20H28O12. The third-order valence-electron chi connectivity index (χ3n) is 5.36. The second-order valence-electron chi connectivity index (χ2n) is 7.63. The first-order valence-electron chi connectivity index (χ1n) is 9.96. The number of ketones is 1. The van der Waals surface area contributed by atoms with E-state index in [0.29, 0.717) is 5.75 Å². The lowest BCUT2D eigenvalue weighted by Crippen LogP contribution is -2.61. The van der Waals surface area contributed by atoms with Gasteiger partial charge in [-0.3, -0.25) is 4.79 Å². The Labute approximate surface area is 183 Å². The molecule has 9 atom stereocenters. The molecule has 2 aliphatic rings. The van der Waals surface area contributed by atoms with Gasteiger partial charge >= 0.3 is 0 Å². The number of hydrogen-bond donors (Lipinski definition) is 6. The third kappa shape index (κ3) is 5.20. The summed E-state index contributed by atoms with van der Waals surface area (Å²) in [4.78, 5) is 12.0. The van der Waals surface area contributed by atoms with Crippen molar-refractivity contribution in [2.24, 2.45) is 0 Å². The molecule has 0 saturated carbocycles. The summed E-state index contributed by atoms with van der Waals surface area (Å²) in [5, 5.41) is 60.0. The van der Waals surface area contributed by atoms with Gasteiger partial charge in [-0.1, -0.05) is 0 Å². The van der Waals surface area contributed by atoms with Gasteiger partial charge in [-0.15, -0.1) is 0 Å². The van der Waals surface area contributed by atoms with Crippen molar-refractivity contribution in [3.05, 3.63) is 23.8 Å².